The number of hydrogen-bond donors (Lipinski definition) is 1. The molecule has 1 aromatic heterocycles. The van der Waals surface area contributed by atoms with E-state index in [9.17, 15) is 14.9 Å². The monoisotopic (exact) mass is 487 g/mol. The number of rotatable bonds is 5. The number of nitrogens with one attached hydrogen (secondary N) is 1. The number of nitrogens with zero attached hydrogens (tertiary/aromatic N) is 2. The van der Waals surface area contributed by atoms with Gasteiger partial charge in [-0.1, -0.05) is 48.0 Å². The van der Waals surface area contributed by atoms with E-state index in [0.717, 1.165) is 11.3 Å². The quantitative estimate of drug-likeness (QED) is 0.465. The van der Waals surface area contributed by atoms with Crippen molar-refractivity contribution in [3.05, 3.63) is 109 Å². The van der Waals surface area contributed by atoms with Crippen LogP contribution in [0.4, 0.5) is 5.69 Å². The molecule has 0 aliphatic heterocycles. The van der Waals surface area contributed by atoms with Gasteiger partial charge in [-0.3, -0.25) is 14.2 Å². The van der Waals surface area contributed by atoms with Crippen LogP contribution in [0.2, 0.25) is 5.02 Å². The van der Waals surface area contributed by atoms with Crippen LogP contribution in [0, 0.1) is 11.3 Å². The van der Waals surface area contributed by atoms with Gasteiger partial charge in [0.25, 0.3) is 11.5 Å². The number of amides is 1. The topological polar surface area (TPSA) is 84.1 Å². The minimum Gasteiger partial charge on any atom is -0.496 e. The van der Waals surface area contributed by atoms with E-state index in [0.29, 0.717) is 32.2 Å². The van der Waals surface area contributed by atoms with Crippen molar-refractivity contribution in [1.82, 2.24) is 4.57 Å². The lowest BCUT2D eigenvalue weighted by Crippen LogP contribution is -2.32. The zero-order valence-corrected chi connectivity index (χ0v) is 19.6. The second-order valence-corrected chi connectivity index (χ2v) is 8.55. The van der Waals surface area contributed by atoms with E-state index in [1.165, 1.54) is 4.57 Å². The lowest BCUT2D eigenvalue weighted by atomic mass is 10.2. The fraction of sp³-hybridized carbons (Fsp3) is 0.0385. The molecule has 0 saturated carbocycles. The van der Waals surface area contributed by atoms with Gasteiger partial charge in [0.1, 0.15) is 16.5 Å². The molecule has 3 aromatic carbocycles. The Kier molecular flexibility index (Phi) is 6.93. The van der Waals surface area contributed by atoms with Crippen molar-refractivity contribution in [2.24, 2.45) is 0 Å². The minimum absolute atomic E-state index is 0.180. The third-order valence-corrected chi connectivity index (χ3v) is 6.26. The number of nitriles is 1. The molecular formula is C26H18ClN3O3S. The van der Waals surface area contributed by atoms with Crippen molar-refractivity contribution in [1.29, 1.82) is 5.26 Å². The third-order valence-electron chi connectivity index (χ3n) is 4.92. The fourth-order valence-electron chi connectivity index (χ4n) is 3.31. The molecule has 0 aliphatic rings. The van der Waals surface area contributed by atoms with E-state index in [-0.39, 0.29) is 15.8 Å². The van der Waals surface area contributed by atoms with Crippen LogP contribution in [0.15, 0.2) is 83.7 Å². The molecule has 34 heavy (non-hydrogen) atoms. The first-order valence-electron chi connectivity index (χ1n) is 10.1. The standard InChI is InChI=1S/C26H18ClN3O3S/c1-33-22-10-6-5-7-17(22)15-23-25(32)30(20-8-3-2-4-9-20)26(34-23)21(16-28)24(31)29-19-13-11-18(27)12-14-19/h2-15H,1H3,(H,29,31)/b23-15+,26-21+. The fourth-order valence-corrected chi connectivity index (χ4v) is 4.53. The molecule has 0 fully saturated rings. The number of hydrogen-bond acceptors (Lipinski definition) is 5. The Bertz CT molecular complexity index is 1570. The van der Waals surface area contributed by atoms with E-state index in [1.54, 1.807) is 67.8 Å². The Hall–Kier alpha value is -4.12. The molecule has 0 atom stereocenters. The van der Waals surface area contributed by atoms with E-state index >= 15 is 0 Å². The predicted octanol–water partition coefficient (Wildman–Crippen LogP) is 3.70. The van der Waals surface area contributed by atoms with Gasteiger partial charge in [0, 0.05) is 16.3 Å². The Morgan fingerprint density at radius 2 is 1.74 bits per heavy atom. The maximum absolute atomic E-state index is 13.5. The first kappa shape index (κ1) is 23.1. The highest BCUT2D eigenvalue weighted by atomic mass is 35.5. The number of anilines is 1. The van der Waals surface area contributed by atoms with E-state index in [4.69, 9.17) is 16.3 Å². The predicted molar refractivity (Wildman–Crippen MR) is 135 cm³/mol. The van der Waals surface area contributed by atoms with Gasteiger partial charge in [-0.05, 0) is 48.5 Å². The summed E-state index contributed by atoms with van der Waals surface area (Å²) < 4.78 is 7.36. The molecule has 0 aliphatic carbocycles. The second-order valence-electron chi connectivity index (χ2n) is 7.08. The smallest absolute Gasteiger partial charge is 0.273 e. The van der Waals surface area contributed by atoms with Crippen LogP contribution in [0.1, 0.15) is 5.56 Å². The SMILES string of the molecule is COc1ccccc1/C=c1/s/c(=C(\C#N)C(=O)Nc2ccc(Cl)cc2)n(-c2ccccc2)c1=O. The van der Waals surface area contributed by atoms with E-state index < -0.39 is 5.91 Å². The Morgan fingerprint density at radius 1 is 1.06 bits per heavy atom. The van der Waals surface area contributed by atoms with Crippen LogP contribution in [-0.2, 0) is 4.79 Å². The molecule has 4 aromatic rings. The number of thiazole rings is 1. The van der Waals surface area contributed by atoms with Gasteiger partial charge in [-0.25, -0.2) is 0 Å². The van der Waals surface area contributed by atoms with Crippen LogP contribution in [0.3, 0.4) is 0 Å². The first-order valence-corrected chi connectivity index (χ1v) is 11.3. The zero-order valence-electron chi connectivity index (χ0n) is 18.0. The zero-order chi connectivity index (χ0) is 24.1. The third kappa shape index (κ3) is 4.79. The molecule has 4 rings (SSSR count). The molecule has 0 unspecified atom stereocenters. The number of ether oxygens (including phenoxy) is 1. The normalized spacial score (nSPS) is 12.1. The summed E-state index contributed by atoms with van der Waals surface area (Å²) in [6, 6.07) is 24.7. The second kappa shape index (κ2) is 10.2. The number of aromatic nitrogens is 1. The number of carbonyl (C=O) groups is 1. The number of benzene rings is 3. The highest BCUT2D eigenvalue weighted by molar-refractivity contribution is 7.07. The Morgan fingerprint density at radius 3 is 2.41 bits per heavy atom. The highest BCUT2D eigenvalue weighted by Crippen LogP contribution is 2.18. The first-order chi connectivity index (χ1) is 16.5. The number of carbonyl (C=O) groups excluding carboxylic acids is 1. The number of para-hydroxylation sites is 2. The van der Waals surface area contributed by atoms with E-state index in [1.807, 2.05) is 30.3 Å². The maximum atomic E-state index is 13.5. The average molecular weight is 488 g/mol. The summed E-state index contributed by atoms with van der Waals surface area (Å²) in [4.78, 5) is 26.5. The summed E-state index contributed by atoms with van der Waals surface area (Å²) in [7, 11) is 1.55. The van der Waals surface area contributed by atoms with Gasteiger partial charge >= 0.3 is 0 Å². The summed E-state index contributed by atoms with van der Waals surface area (Å²) in [5, 5.41) is 13.1. The molecule has 1 amide bonds. The van der Waals surface area contributed by atoms with Crippen LogP contribution in [-0.4, -0.2) is 17.6 Å². The van der Waals surface area contributed by atoms with Crippen LogP contribution in [0.5, 0.6) is 5.75 Å². The number of methoxy groups -OCH3 is 1. The molecule has 168 valence electrons. The number of halogens is 1. The van der Waals surface area contributed by atoms with Gasteiger partial charge in [-0.15, -0.1) is 11.3 Å². The van der Waals surface area contributed by atoms with Crippen LogP contribution in [0.25, 0.3) is 17.3 Å². The average Bonchev–Trinajstić information content (AvgIpc) is 3.17. The molecule has 8 heteroatoms. The summed E-state index contributed by atoms with van der Waals surface area (Å²) in [5.74, 6) is -0.0207. The van der Waals surface area contributed by atoms with Crippen molar-refractivity contribution < 1.29 is 9.53 Å². The maximum Gasteiger partial charge on any atom is 0.273 e. The van der Waals surface area contributed by atoms with Crippen LogP contribution < -0.4 is 24.8 Å². The van der Waals surface area contributed by atoms with Crippen LogP contribution >= 0.6 is 22.9 Å². The summed E-state index contributed by atoms with van der Waals surface area (Å²) >= 11 is 6.98. The molecule has 0 radical (unpaired) electrons. The molecule has 1 N–H and O–H groups in total. The summed E-state index contributed by atoms with van der Waals surface area (Å²) in [6.07, 6.45) is 1.70. The van der Waals surface area contributed by atoms with E-state index in [2.05, 4.69) is 5.32 Å². The minimum atomic E-state index is -0.625. The summed E-state index contributed by atoms with van der Waals surface area (Å²) in [6.45, 7) is 0. The Labute approximate surface area is 204 Å². The largest absolute Gasteiger partial charge is 0.496 e. The van der Waals surface area contributed by atoms with Crippen molar-refractivity contribution in [3.63, 3.8) is 0 Å². The highest BCUT2D eigenvalue weighted by Gasteiger charge is 2.17. The van der Waals surface area contributed by atoms with Crippen molar-refractivity contribution in [2.75, 3.05) is 12.4 Å². The lowest BCUT2D eigenvalue weighted by molar-refractivity contribution is -0.111. The van der Waals surface area contributed by atoms with Gasteiger partial charge in [0.15, 0.2) is 5.57 Å². The molecule has 1 heterocycles. The van der Waals surface area contributed by atoms with Gasteiger partial charge in [-0.2, -0.15) is 5.26 Å². The van der Waals surface area contributed by atoms with Crippen molar-refractivity contribution in [2.45, 2.75) is 0 Å². The Balaban J connectivity index is 1.96. The van der Waals surface area contributed by atoms with Crippen molar-refractivity contribution >= 4 is 46.2 Å². The molecule has 6 nitrogen and oxygen atoms in total. The molecule has 0 spiro atoms. The van der Waals surface area contributed by atoms with Gasteiger partial charge in [0.05, 0.1) is 17.3 Å². The lowest BCUT2D eigenvalue weighted by Gasteiger charge is -2.06. The summed E-state index contributed by atoms with van der Waals surface area (Å²) in [5.41, 5.74) is 1.21. The van der Waals surface area contributed by atoms with Gasteiger partial charge in [0.2, 0.25) is 0 Å². The molecule has 0 bridgehead atoms. The molecular weight excluding hydrogens is 470 g/mol. The van der Waals surface area contributed by atoms with Crippen molar-refractivity contribution in [3.8, 4) is 17.5 Å². The molecule has 0 saturated heterocycles. The van der Waals surface area contributed by atoms with Gasteiger partial charge < -0.3 is 10.1 Å².